The van der Waals surface area contributed by atoms with Crippen LogP contribution in [0, 0.1) is 0 Å². The second kappa shape index (κ2) is 6.75. The van der Waals surface area contributed by atoms with Crippen LogP contribution in [0.1, 0.15) is 25.1 Å². The zero-order valence-electron chi connectivity index (χ0n) is 8.65. The van der Waals surface area contributed by atoms with Crippen LogP contribution in [-0.4, -0.2) is 22.5 Å². The summed E-state index contributed by atoms with van der Waals surface area (Å²) < 4.78 is 0. The van der Waals surface area contributed by atoms with Crippen LogP contribution in [-0.2, 0) is 6.42 Å². The highest BCUT2D eigenvalue weighted by atomic mass is 16.2. The quantitative estimate of drug-likeness (QED) is 0.680. The van der Waals surface area contributed by atoms with Gasteiger partial charge < -0.3 is 11.1 Å². The van der Waals surface area contributed by atoms with E-state index in [1.54, 1.807) is 18.5 Å². The lowest BCUT2D eigenvalue weighted by Crippen LogP contribution is -2.29. The summed E-state index contributed by atoms with van der Waals surface area (Å²) in [7, 11) is 0. The number of hydrogen-bond acceptors (Lipinski definition) is 3. The molecule has 0 aliphatic heterocycles. The fourth-order valence-electron chi connectivity index (χ4n) is 1.26. The van der Waals surface area contributed by atoms with E-state index in [-0.39, 0.29) is 0 Å². The van der Waals surface area contributed by atoms with Crippen LogP contribution >= 0.6 is 0 Å². The molecule has 5 heteroatoms. The predicted octanol–water partition coefficient (Wildman–Crippen LogP) is 0.858. The Hall–Kier alpha value is -1.65. The van der Waals surface area contributed by atoms with E-state index in [4.69, 9.17) is 5.73 Å². The van der Waals surface area contributed by atoms with Crippen LogP contribution in [0.3, 0.4) is 0 Å². The van der Waals surface area contributed by atoms with E-state index in [0.29, 0.717) is 6.54 Å². The number of nitrogens with one attached hydrogen (secondary N) is 1. The molecule has 2 amide bonds. The summed E-state index contributed by atoms with van der Waals surface area (Å²) in [6.45, 7) is 0.644. The largest absolute Gasteiger partial charge is 0.352 e. The Morgan fingerprint density at radius 2 is 2.00 bits per heavy atom. The molecule has 1 heterocycles. The van der Waals surface area contributed by atoms with Gasteiger partial charge in [0.2, 0.25) is 0 Å². The lowest BCUT2D eigenvalue weighted by atomic mass is 10.2. The standard InChI is InChI=1S/C10H16N4O/c11-10(15)14-6-3-1-2-5-9-12-7-4-8-13-9/h4,7-8H,1-3,5-6H2,(H3,11,14,15). The first-order valence-corrected chi connectivity index (χ1v) is 5.08. The third-order valence-corrected chi connectivity index (χ3v) is 2.00. The van der Waals surface area contributed by atoms with Gasteiger partial charge in [-0.15, -0.1) is 0 Å². The van der Waals surface area contributed by atoms with Crippen molar-refractivity contribution in [1.82, 2.24) is 15.3 Å². The van der Waals surface area contributed by atoms with Crippen LogP contribution in [0.15, 0.2) is 18.5 Å². The highest BCUT2D eigenvalue weighted by molar-refractivity contribution is 5.71. The molecule has 0 fully saturated rings. The number of primary amides is 1. The van der Waals surface area contributed by atoms with Gasteiger partial charge in [0.15, 0.2) is 0 Å². The molecule has 1 aromatic heterocycles. The number of rotatable bonds is 6. The number of aryl methyl sites for hydroxylation is 1. The molecule has 1 aromatic rings. The minimum Gasteiger partial charge on any atom is -0.352 e. The number of nitrogens with two attached hydrogens (primary N) is 1. The molecule has 0 atom stereocenters. The van der Waals surface area contributed by atoms with E-state index in [9.17, 15) is 4.79 Å². The summed E-state index contributed by atoms with van der Waals surface area (Å²) in [5.41, 5.74) is 4.93. The van der Waals surface area contributed by atoms with Crippen LogP contribution < -0.4 is 11.1 Å². The molecule has 0 unspecified atom stereocenters. The average Bonchev–Trinajstić information content (AvgIpc) is 2.24. The van der Waals surface area contributed by atoms with Gasteiger partial charge >= 0.3 is 6.03 Å². The molecule has 0 aliphatic rings. The monoisotopic (exact) mass is 208 g/mol. The number of aromatic nitrogens is 2. The summed E-state index contributed by atoms with van der Waals surface area (Å²) >= 11 is 0. The summed E-state index contributed by atoms with van der Waals surface area (Å²) in [5.74, 6) is 0.875. The second-order valence-corrected chi connectivity index (χ2v) is 3.27. The Kier molecular flexibility index (Phi) is 5.14. The molecule has 1 rings (SSSR count). The van der Waals surface area contributed by atoms with Crippen molar-refractivity contribution in [2.75, 3.05) is 6.54 Å². The van der Waals surface area contributed by atoms with E-state index >= 15 is 0 Å². The molecule has 0 saturated heterocycles. The average molecular weight is 208 g/mol. The van der Waals surface area contributed by atoms with E-state index in [2.05, 4.69) is 15.3 Å². The molecule has 3 N–H and O–H groups in total. The molecular weight excluding hydrogens is 192 g/mol. The highest BCUT2D eigenvalue weighted by Crippen LogP contribution is 2.00. The number of carbonyl (C=O) groups excluding carboxylic acids is 1. The number of urea groups is 1. The van der Waals surface area contributed by atoms with Gasteiger partial charge in [-0.3, -0.25) is 0 Å². The normalized spacial score (nSPS) is 9.87. The molecule has 15 heavy (non-hydrogen) atoms. The van der Waals surface area contributed by atoms with Crippen molar-refractivity contribution >= 4 is 6.03 Å². The number of nitrogens with zero attached hydrogens (tertiary/aromatic N) is 2. The number of hydrogen-bond donors (Lipinski definition) is 2. The first kappa shape index (κ1) is 11.4. The van der Waals surface area contributed by atoms with Gasteiger partial charge in [-0.25, -0.2) is 14.8 Å². The molecule has 0 spiro atoms. The molecule has 0 radical (unpaired) electrons. The van der Waals surface area contributed by atoms with Crippen LogP contribution in [0.25, 0.3) is 0 Å². The third-order valence-electron chi connectivity index (χ3n) is 2.00. The SMILES string of the molecule is NC(=O)NCCCCCc1ncccn1. The molecule has 0 aliphatic carbocycles. The minimum atomic E-state index is -0.457. The molecular formula is C10H16N4O. The first-order chi connectivity index (χ1) is 7.29. The lowest BCUT2D eigenvalue weighted by Gasteiger charge is -2.01. The maximum Gasteiger partial charge on any atom is 0.312 e. The van der Waals surface area contributed by atoms with Crippen molar-refractivity contribution in [2.24, 2.45) is 5.73 Å². The van der Waals surface area contributed by atoms with Gasteiger partial charge in [0.25, 0.3) is 0 Å². The molecule has 5 nitrogen and oxygen atoms in total. The highest BCUT2D eigenvalue weighted by Gasteiger charge is 1.95. The fourth-order valence-corrected chi connectivity index (χ4v) is 1.26. The van der Waals surface area contributed by atoms with Gasteiger partial charge in [0.1, 0.15) is 5.82 Å². The predicted molar refractivity (Wildman–Crippen MR) is 57.2 cm³/mol. The molecule has 0 bridgehead atoms. The Bertz CT molecular complexity index is 289. The molecule has 0 aromatic carbocycles. The van der Waals surface area contributed by atoms with Crippen molar-refractivity contribution in [3.05, 3.63) is 24.3 Å². The zero-order chi connectivity index (χ0) is 10.9. The van der Waals surface area contributed by atoms with Crippen LogP contribution in [0.5, 0.6) is 0 Å². The maximum absolute atomic E-state index is 10.3. The van der Waals surface area contributed by atoms with Crippen molar-refractivity contribution in [1.29, 1.82) is 0 Å². The Labute approximate surface area is 89.1 Å². The minimum absolute atomic E-state index is 0.457. The van der Waals surface area contributed by atoms with Gasteiger partial charge in [0, 0.05) is 25.4 Å². The number of amides is 2. The Morgan fingerprint density at radius 3 is 2.67 bits per heavy atom. The van der Waals surface area contributed by atoms with Crippen LogP contribution in [0.4, 0.5) is 4.79 Å². The molecule has 0 saturated carbocycles. The maximum atomic E-state index is 10.3. The van der Waals surface area contributed by atoms with Gasteiger partial charge in [-0.2, -0.15) is 0 Å². The van der Waals surface area contributed by atoms with E-state index < -0.39 is 6.03 Å². The van der Waals surface area contributed by atoms with Crippen molar-refractivity contribution in [3.63, 3.8) is 0 Å². The van der Waals surface area contributed by atoms with Crippen LogP contribution in [0.2, 0.25) is 0 Å². The second-order valence-electron chi connectivity index (χ2n) is 3.27. The smallest absolute Gasteiger partial charge is 0.312 e. The van der Waals surface area contributed by atoms with Gasteiger partial charge in [-0.05, 0) is 18.9 Å². The lowest BCUT2D eigenvalue weighted by molar-refractivity contribution is 0.248. The third kappa shape index (κ3) is 5.61. The summed E-state index contributed by atoms with van der Waals surface area (Å²) in [4.78, 5) is 18.6. The van der Waals surface area contributed by atoms with E-state index in [1.165, 1.54) is 0 Å². The fraction of sp³-hybridized carbons (Fsp3) is 0.500. The summed E-state index contributed by atoms with van der Waals surface area (Å²) in [5, 5.41) is 2.55. The molecule has 82 valence electrons. The van der Waals surface area contributed by atoms with Crippen molar-refractivity contribution < 1.29 is 4.79 Å². The summed E-state index contributed by atoms with van der Waals surface area (Å²) in [6, 6.07) is 1.35. The zero-order valence-corrected chi connectivity index (χ0v) is 8.65. The first-order valence-electron chi connectivity index (χ1n) is 5.08. The van der Waals surface area contributed by atoms with Gasteiger partial charge in [-0.1, -0.05) is 6.42 Å². The Morgan fingerprint density at radius 1 is 1.27 bits per heavy atom. The van der Waals surface area contributed by atoms with Crippen molar-refractivity contribution in [2.45, 2.75) is 25.7 Å². The van der Waals surface area contributed by atoms with E-state index in [1.807, 2.05) is 0 Å². The summed E-state index contributed by atoms with van der Waals surface area (Å²) in [6.07, 6.45) is 7.39. The topological polar surface area (TPSA) is 80.9 Å². The number of carbonyl (C=O) groups is 1. The Balaban J connectivity index is 2.00. The van der Waals surface area contributed by atoms with Crippen molar-refractivity contribution in [3.8, 4) is 0 Å². The van der Waals surface area contributed by atoms with Gasteiger partial charge in [0.05, 0.1) is 0 Å². The number of unbranched alkanes of at least 4 members (excludes halogenated alkanes) is 2. The van der Waals surface area contributed by atoms with E-state index in [0.717, 1.165) is 31.5 Å².